The molecule has 0 radical (unpaired) electrons. The summed E-state index contributed by atoms with van der Waals surface area (Å²) in [5, 5.41) is 7.01. The Morgan fingerprint density at radius 3 is 2.30 bits per heavy atom. The minimum atomic E-state index is -0.944. The summed E-state index contributed by atoms with van der Waals surface area (Å²) in [6, 6.07) is 3.19. The van der Waals surface area contributed by atoms with E-state index < -0.39 is 17.5 Å². The summed E-state index contributed by atoms with van der Waals surface area (Å²) in [6.07, 6.45) is 0.791. The first-order valence-electron chi connectivity index (χ1n) is 6.49. The number of hydrogen-bond acceptors (Lipinski definition) is 2. The number of aromatic nitrogens is 2. The summed E-state index contributed by atoms with van der Waals surface area (Å²) >= 11 is 0. The lowest BCUT2D eigenvalue weighted by Gasteiger charge is -2.10. The molecule has 20 heavy (non-hydrogen) atoms. The summed E-state index contributed by atoms with van der Waals surface area (Å²) in [4.78, 5) is 0. The van der Waals surface area contributed by atoms with Crippen molar-refractivity contribution in [2.24, 2.45) is 0 Å². The molecule has 1 aromatic carbocycles. The van der Waals surface area contributed by atoms with Crippen LogP contribution in [0.4, 0.5) is 18.9 Å². The smallest absolute Gasteiger partial charge is 0.152 e. The van der Waals surface area contributed by atoms with E-state index in [1.165, 1.54) is 0 Å². The lowest BCUT2D eigenvalue weighted by Crippen LogP contribution is -2.10. The van der Waals surface area contributed by atoms with Crippen LogP contribution in [0.1, 0.15) is 25.2 Å². The third kappa shape index (κ3) is 2.95. The number of hydrogen-bond donors (Lipinski definition) is 1. The van der Waals surface area contributed by atoms with Crippen LogP contribution in [0.25, 0.3) is 0 Å². The second kappa shape index (κ2) is 5.98. The number of aryl methyl sites for hydroxylation is 2. The molecule has 0 saturated carbocycles. The van der Waals surface area contributed by atoms with Gasteiger partial charge in [0, 0.05) is 18.7 Å². The molecular formula is C14H16F3N3. The number of nitrogens with one attached hydrogen (secondary N) is 1. The molecule has 0 aliphatic heterocycles. The van der Waals surface area contributed by atoms with Crippen LogP contribution in [0.15, 0.2) is 18.2 Å². The highest BCUT2D eigenvalue weighted by Crippen LogP contribution is 2.21. The third-order valence-corrected chi connectivity index (χ3v) is 3.03. The van der Waals surface area contributed by atoms with Crippen LogP contribution < -0.4 is 5.32 Å². The van der Waals surface area contributed by atoms with Crippen molar-refractivity contribution in [3.63, 3.8) is 0 Å². The summed E-state index contributed by atoms with van der Waals surface area (Å²) in [5.41, 5.74) is 1.42. The predicted octanol–water partition coefficient (Wildman–Crippen LogP) is 3.49. The molecule has 0 aliphatic rings. The third-order valence-electron chi connectivity index (χ3n) is 3.03. The minimum Gasteiger partial charge on any atom is -0.375 e. The highest BCUT2D eigenvalue weighted by Gasteiger charge is 2.12. The van der Waals surface area contributed by atoms with E-state index in [0.29, 0.717) is 18.7 Å². The summed E-state index contributed by atoms with van der Waals surface area (Å²) in [6.45, 7) is 4.82. The average Bonchev–Trinajstić information content (AvgIpc) is 2.80. The van der Waals surface area contributed by atoms with Crippen LogP contribution >= 0.6 is 0 Å². The van der Waals surface area contributed by atoms with Gasteiger partial charge in [-0.1, -0.05) is 6.92 Å². The van der Waals surface area contributed by atoms with Crippen LogP contribution in [0.5, 0.6) is 0 Å². The first-order chi connectivity index (χ1) is 9.55. The molecule has 108 valence electrons. The maximum atomic E-state index is 13.5. The Morgan fingerprint density at radius 2 is 1.75 bits per heavy atom. The van der Waals surface area contributed by atoms with Crippen molar-refractivity contribution >= 4 is 5.69 Å². The van der Waals surface area contributed by atoms with Gasteiger partial charge in [0.2, 0.25) is 0 Å². The van der Waals surface area contributed by atoms with Gasteiger partial charge in [-0.15, -0.1) is 0 Å². The molecule has 0 aliphatic carbocycles. The highest BCUT2D eigenvalue weighted by molar-refractivity contribution is 5.46. The van der Waals surface area contributed by atoms with Gasteiger partial charge in [-0.2, -0.15) is 5.10 Å². The van der Waals surface area contributed by atoms with Crippen LogP contribution in [-0.4, -0.2) is 9.78 Å². The van der Waals surface area contributed by atoms with Crippen molar-refractivity contribution in [1.29, 1.82) is 0 Å². The van der Waals surface area contributed by atoms with Gasteiger partial charge in [0.05, 0.1) is 17.9 Å². The predicted molar refractivity (Wildman–Crippen MR) is 70.9 cm³/mol. The molecule has 0 unspecified atom stereocenters. The van der Waals surface area contributed by atoms with Crippen LogP contribution in [0.3, 0.4) is 0 Å². The monoisotopic (exact) mass is 283 g/mol. The highest BCUT2D eigenvalue weighted by atomic mass is 19.1. The van der Waals surface area contributed by atoms with Crippen molar-refractivity contribution in [3.05, 3.63) is 47.0 Å². The van der Waals surface area contributed by atoms with Gasteiger partial charge >= 0.3 is 0 Å². The normalized spacial score (nSPS) is 10.8. The van der Waals surface area contributed by atoms with Gasteiger partial charge in [0.25, 0.3) is 0 Å². The Bertz CT molecular complexity index is 585. The molecular weight excluding hydrogens is 267 g/mol. The van der Waals surface area contributed by atoms with Gasteiger partial charge in [-0.3, -0.25) is 4.68 Å². The molecule has 0 fully saturated rings. The molecule has 6 heteroatoms. The average molecular weight is 283 g/mol. The standard InChI is InChI=1S/C14H16F3N3/c1-3-10-7-11(20(4-2)19-10)8-18-14-12(16)5-9(15)6-13(14)17/h5-7,18H,3-4,8H2,1-2H3. The first-order valence-corrected chi connectivity index (χ1v) is 6.49. The van der Waals surface area contributed by atoms with Crippen molar-refractivity contribution in [1.82, 2.24) is 9.78 Å². The summed E-state index contributed by atoms with van der Waals surface area (Å²) < 4.78 is 41.6. The van der Waals surface area contributed by atoms with Crippen molar-refractivity contribution in [2.45, 2.75) is 33.4 Å². The maximum Gasteiger partial charge on any atom is 0.152 e. The lowest BCUT2D eigenvalue weighted by atomic mass is 10.2. The van der Waals surface area contributed by atoms with Gasteiger partial charge < -0.3 is 5.32 Å². The molecule has 1 aromatic heterocycles. The molecule has 0 atom stereocenters. The molecule has 0 amide bonds. The first kappa shape index (κ1) is 14.4. The molecule has 1 N–H and O–H groups in total. The fourth-order valence-electron chi connectivity index (χ4n) is 1.99. The number of halogens is 3. The summed E-state index contributed by atoms with van der Waals surface area (Å²) in [7, 11) is 0. The topological polar surface area (TPSA) is 29.9 Å². The van der Waals surface area contributed by atoms with E-state index in [1.54, 1.807) is 4.68 Å². The van der Waals surface area contributed by atoms with E-state index in [1.807, 2.05) is 19.9 Å². The quantitative estimate of drug-likeness (QED) is 0.910. The van der Waals surface area contributed by atoms with Crippen molar-refractivity contribution in [2.75, 3.05) is 5.32 Å². The fourth-order valence-corrected chi connectivity index (χ4v) is 1.99. The van der Waals surface area contributed by atoms with E-state index in [9.17, 15) is 13.2 Å². The van der Waals surface area contributed by atoms with Crippen molar-refractivity contribution in [3.8, 4) is 0 Å². The molecule has 0 spiro atoms. The Hall–Kier alpha value is -1.98. The summed E-state index contributed by atoms with van der Waals surface area (Å²) in [5.74, 6) is -2.82. The van der Waals surface area contributed by atoms with Gasteiger partial charge in [0.15, 0.2) is 11.6 Å². The number of rotatable bonds is 5. The number of anilines is 1. The lowest BCUT2D eigenvalue weighted by molar-refractivity contribution is 0.546. The molecule has 1 heterocycles. The van der Waals surface area contributed by atoms with E-state index >= 15 is 0 Å². The zero-order valence-electron chi connectivity index (χ0n) is 11.4. The number of nitrogens with zero attached hydrogens (tertiary/aromatic N) is 2. The Kier molecular flexibility index (Phi) is 4.32. The van der Waals surface area contributed by atoms with E-state index in [0.717, 1.165) is 17.8 Å². The zero-order chi connectivity index (χ0) is 14.7. The van der Waals surface area contributed by atoms with E-state index in [4.69, 9.17) is 0 Å². The largest absolute Gasteiger partial charge is 0.375 e. The fraction of sp³-hybridized carbons (Fsp3) is 0.357. The van der Waals surface area contributed by atoms with Crippen LogP contribution in [0.2, 0.25) is 0 Å². The molecule has 0 saturated heterocycles. The Labute approximate surface area is 115 Å². The van der Waals surface area contributed by atoms with Crippen LogP contribution in [0, 0.1) is 17.5 Å². The molecule has 3 nitrogen and oxygen atoms in total. The number of benzene rings is 1. The zero-order valence-corrected chi connectivity index (χ0v) is 11.4. The van der Waals surface area contributed by atoms with Crippen LogP contribution in [-0.2, 0) is 19.5 Å². The maximum absolute atomic E-state index is 13.5. The SMILES string of the molecule is CCc1cc(CNc2c(F)cc(F)cc2F)n(CC)n1. The van der Waals surface area contributed by atoms with Gasteiger partial charge in [0.1, 0.15) is 11.5 Å². The minimum absolute atomic E-state index is 0.223. The second-order valence-corrected chi connectivity index (χ2v) is 4.39. The van der Waals surface area contributed by atoms with Crippen molar-refractivity contribution < 1.29 is 13.2 Å². The Balaban J connectivity index is 2.18. The molecule has 2 aromatic rings. The van der Waals surface area contributed by atoms with E-state index in [-0.39, 0.29) is 12.2 Å². The van der Waals surface area contributed by atoms with Gasteiger partial charge in [-0.25, -0.2) is 13.2 Å². The van der Waals surface area contributed by atoms with Gasteiger partial charge in [-0.05, 0) is 19.4 Å². The molecule has 2 rings (SSSR count). The Morgan fingerprint density at radius 1 is 1.10 bits per heavy atom. The molecule has 0 bridgehead atoms. The second-order valence-electron chi connectivity index (χ2n) is 4.39. The van der Waals surface area contributed by atoms with E-state index in [2.05, 4.69) is 10.4 Å².